The van der Waals surface area contributed by atoms with Gasteiger partial charge in [-0.1, -0.05) is 43.3 Å². The van der Waals surface area contributed by atoms with E-state index in [1.165, 1.54) is 23.8 Å². The lowest BCUT2D eigenvalue weighted by molar-refractivity contribution is -0.384. The number of hydrogen-bond acceptors (Lipinski definition) is 3. The van der Waals surface area contributed by atoms with Crippen molar-refractivity contribution in [2.75, 3.05) is 7.05 Å². The highest BCUT2D eigenvalue weighted by molar-refractivity contribution is 5.91. The molecule has 0 saturated heterocycles. The SMILES string of the molecule is CCc1ccc(CN(C)C(=O)/C=C/c2cccc([N+](=O)[O-])c2)cc1. The lowest BCUT2D eigenvalue weighted by atomic mass is 10.1. The number of hydrogen-bond donors (Lipinski definition) is 0. The maximum Gasteiger partial charge on any atom is 0.270 e. The Balaban J connectivity index is 1.99. The molecular formula is C19H20N2O3. The third-order valence-corrected chi connectivity index (χ3v) is 3.73. The van der Waals surface area contributed by atoms with Gasteiger partial charge in [0.15, 0.2) is 0 Å². The number of rotatable bonds is 6. The van der Waals surface area contributed by atoms with Crippen LogP contribution in [0.1, 0.15) is 23.6 Å². The van der Waals surface area contributed by atoms with Gasteiger partial charge in [0, 0.05) is 31.8 Å². The average Bonchev–Trinajstić information content (AvgIpc) is 2.60. The highest BCUT2D eigenvalue weighted by Crippen LogP contribution is 2.14. The third-order valence-electron chi connectivity index (χ3n) is 3.73. The molecule has 0 radical (unpaired) electrons. The number of aryl methyl sites for hydroxylation is 1. The fourth-order valence-corrected chi connectivity index (χ4v) is 2.27. The number of nitro groups is 1. The van der Waals surface area contributed by atoms with Gasteiger partial charge >= 0.3 is 0 Å². The Kier molecular flexibility index (Phi) is 5.84. The predicted octanol–water partition coefficient (Wildman–Crippen LogP) is 3.83. The van der Waals surface area contributed by atoms with Crippen LogP contribution in [0.5, 0.6) is 0 Å². The van der Waals surface area contributed by atoms with Crippen molar-refractivity contribution in [1.29, 1.82) is 0 Å². The van der Waals surface area contributed by atoms with E-state index in [4.69, 9.17) is 0 Å². The lowest BCUT2D eigenvalue weighted by Crippen LogP contribution is -2.24. The zero-order valence-corrected chi connectivity index (χ0v) is 13.8. The van der Waals surface area contributed by atoms with Gasteiger partial charge in [0.25, 0.3) is 5.69 Å². The number of nitrogens with zero attached hydrogens (tertiary/aromatic N) is 2. The summed E-state index contributed by atoms with van der Waals surface area (Å²) >= 11 is 0. The minimum atomic E-state index is -0.453. The van der Waals surface area contributed by atoms with E-state index < -0.39 is 4.92 Å². The van der Waals surface area contributed by atoms with Crippen LogP contribution in [0, 0.1) is 10.1 Å². The number of likely N-dealkylation sites (N-methyl/N-ethyl adjacent to an activating group) is 1. The van der Waals surface area contributed by atoms with E-state index in [2.05, 4.69) is 19.1 Å². The summed E-state index contributed by atoms with van der Waals surface area (Å²) in [6, 6.07) is 14.3. The summed E-state index contributed by atoms with van der Waals surface area (Å²) in [6.45, 7) is 2.62. The van der Waals surface area contributed by atoms with Gasteiger partial charge in [0.05, 0.1) is 4.92 Å². The Labute approximate surface area is 141 Å². The highest BCUT2D eigenvalue weighted by Gasteiger charge is 2.07. The molecule has 0 aliphatic heterocycles. The van der Waals surface area contributed by atoms with Gasteiger partial charge < -0.3 is 4.90 Å². The summed E-state index contributed by atoms with van der Waals surface area (Å²) < 4.78 is 0. The molecule has 0 saturated carbocycles. The summed E-state index contributed by atoms with van der Waals surface area (Å²) in [5.41, 5.74) is 2.96. The van der Waals surface area contributed by atoms with Gasteiger partial charge in [-0.2, -0.15) is 0 Å². The van der Waals surface area contributed by atoms with E-state index >= 15 is 0 Å². The molecule has 5 nitrogen and oxygen atoms in total. The maximum atomic E-state index is 12.2. The van der Waals surface area contributed by atoms with Gasteiger partial charge in [-0.05, 0) is 29.2 Å². The molecule has 0 N–H and O–H groups in total. The molecule has 0 aromatic heterocycles. The Morgan fingerprint density at radius 3 is 2.46 bits per heavy atom. The van der Waals surface area contributed by atoms with Gasteiger partial charge in [-0.25, -0.2) is 0 Å². The van der Waals surface area contributed by atoms with E-state index in [0.29, 0.717) is 12.1 Å². The molecule has 5 heteroatoms. The molecule has 0 fully saturated rings. The van der Waals surface area contributed by atoms with E-state index in [1.807, 2.05) is 12.1 Å². The van der Waals surface area contributed by atoms with E-state index in [-0.39, 0.29) is 11.6 Å². The van der Waals surface area contributed by atoms with Crippen LogP contribution in [0.4, 0.5) is 5.69 Å². The molecule has 124 valence electrons. The number of carbonyl (C=O) groups is 1. The second-order valence-electron chi connectivity index (χ2n) is 5.55. The van der Waals surface area contributed by atoms with Crippen LogP contribution >= 0.6 is 0 Å². The van der Waals surface area contributed by atoms with Crippen molar-refractivity contribution in [3.05, 3.63) is 81.4 Å². The molecule has 0 unspecified atom stereocenters. The molecule has 0 aliphatic rings. The molecule has 0 atom stereocenters. The molecule has 0 aliphatic carbocycles. The maximum absolute atomic E-state index is 12.2. The predicted molar refractivity (Wildman–Crippen MR) is 94.4 cm³/mol. The molecule has 2 aromatic carbocycles. The summed E-state index contributed by atoms with van der Waals surface area (Å²) in [5, 5.41) is 10.8. The van der Waals surface area contributed by atoms with Crippen LogP contribution in [0.3, 0.4) is 0 Å². The van der Waals surface area contributed by atoms with Crippen molar-refractivity contribution in [3.63, 3.8) is 0 Å². The molecule has 2 aromatic rings. The summed E-state index contributed by atoms with van der Waals surface area (Å²) in [5.74, 6) is -0.152. The first-order chi connectivity index (χ1) is 11.5. The van der Waals surface area contributed by atoms with E-state index in [1.54, 1.807) is 30.2 Å². The molecule has 24 heavy (non-hydrogen) atoms. The van der Waals surface area contributed by atoms with Crippen molar-refractivity contribution >= 4 is 17.7 Å². The number of nitro benzene ring substituents is 1. The Hall–Kier alpha value is -2.95. The lowest BCUT2D eigenvalue weighted by Gasteiger charge is -2.15. The van der Waals surface area contributed by atoms with Crippen LogP contribution in [0.15, 0.2) is 54.6 Å². The summed E-state index contributed by atoms with van der Waals surface area (Å²) in [4.78, 5) is 24.1. The fourth-order valence-electron chi connectivity index (χ4n) is 2.27. The van der Waals surface area contributed by atoms with Crippen molar-refractivity contribution < 1.29 is 9.72 Å². The molecule has 2 rings (SSSR count). The second kappa shape index (κ2) is 8.06. The fraction of sp³-hybridized carbons (Fsp3) is 0.211. The smallest absolute Gasteiger partial charge is 0.270 e. The molecular weight excluding hydrogens is 304 g/mol. The first-order valence-electron chi connectivity index (χ1n) is 7.75. The normalized spacial score (nSPS) is 10.8. The van der Waals surface area contributed by atoms with Crippen LogP contribution in [0.2, 0.25) is 0 Å². The van der Waals surface area contributed by atoms with Crippen molar-refractivity contribution in [2.24, 2.45) is 0 Å². The van der Waals surface area contributed by atoms with Crippen LogP contribution in [-0.2, 0) is 17.8 Å². The number of benzene rings is 2. The molecule has 1 amide bonds. The van der Waals surface area contributed by atoms with Gasteiger partial charge in [-0.15, -0.1) is 0 Å². The first-order valence-corrected chi connectivity index (χ1v) is 7.75. The Bertz CT molecular complexity index is 751. The number of non-ortho nitro benzene ring substituents is 1. The topological polar surface area (TPSA) is 63.5 Å². The van der Waals surface area contributed by atoms with Crippen LogP contribution in [-0.4, -0.2) is 22.8 Å². The van der Waals surface area contributed by atoms with Crippen molar-refractivity contribution in [2.45, 2.75) is 19.9 Å². The quantitative estimate of drug-likeness (QED) is 0.461. The third kappa shape index (κ3) is 4.78. The van der Waals surface area contributed by atoms with E-state index in [0.717, 1.165) is 12.0 Å². The number of amides is 1. The highest BCUT2D eigenvalue weighted by atomic mass is 16.6. The minimum Gasteiger partial charge on any atom is -0.338 e. The molecule has 0 heterocycles. The first kappa shape index (κ1) is 17.4. The van der Waals surface area contributed by atoms with Crippen molar-refractivity contribution in [3.8, 4) is 0 Å². The standard InChI is InChI=1S/C19H20N2O3/c1-3-15-7-9-17(10-8-15)14-20(2)19(22)12-11-16-5-4-6-18(13-16)21(23)24/h4-13H,3,14H2,1-2H3/b12-11+. The van der Waals surface area contributed by atoms with Crippen LogP contribution < -0.4 is 0 Å². The number of carbonyl (C=O) groups excluding carboxylic acids is 1. The largest absolute Gasteiger partial charge is 0.338 e. The van der Waals surface area contributed by atoms with Gasteiger partial charge in [-0.3, -0.25) is 14.9 Å². The molecule has 0 spiro atoms. The summed E-state index contributed by atoms with van der Waals surface area (Å²) in [7, 11) is 1.73. The zero-order chi connectivity index (χ0) is 17.5. The Morgan fingerprint density at radius 1 is 1.17 bits per heavy atom. The second-order valence-corrected chi connectivity index (χ2v) is 5.55. The summed E-state index contributed by atoms with van der Waals surface area (Å²) in [6.07, 6.45) is 4.01. The van der Waals surface area contributed by atoms with Crippen molar-refractivity contribution in [1.82, 2.24) is 4.90 Å². The van der Waals surface area contributed by atoms with Crippen LogP contribution in [0.25, 0.3) is 6.08 Å². The van der Waals surface area contributed by atoms with E-state index in [9.17, 15) is 14.9 Å². The van der Waals surface area contributed by atoms with Gasteiger partial charge in [0.2, 0.25) is 5.91 Å². The van der Waals surface area contributed by atoms with Gasteiger partial charge in [0.1, 0.15) is 0 Å². The average molecular weight is 324 g/mol. The molecule has 0 bridgehead atoms. The monoisotopic (exact) mass is 324 g/mol. The zero-order valence-electron chi connectivity index (χ0n) is 13.8. The Morgan fingerprint density at radius 2 is 1.83 bits per heavy atom. The minimum absolute atomic E-state index is 0.00830.